The van der Waals surface area contributed by atoms with Gasteiger partial charge in [0.1, 0.15) is 17.5 Å². The van der Waals surface area contributed by atoms with E-state index in [1.54, 1.807) is 0 Å². The number of anilines is 5. The van der Waals surface area contributed by atoms with Gasteiger partial charge in [-0.25, -0.2) is 9.97 Å². The number of hydrogen-bond acceptors (Lipinski definition) is 6. The highest BCUT2D eigenvalue weighted by Crippen LogP contribution is 2.29. The van der Waals surface area contributed by atoms with Crippen LogP contribution in [-0.4, -0.2) is 36.3 Å². The topological polar surface area (TPSA) is 62.3 Å². The molecule has 0 amide bonds. The zero-order valence-electron chi connectivity index (χ0n) is 16.3. The zero-order valence-corrected chi connectivity index (χ0v) is 16.3. The van der Waals surface area contributed by atoms with E-state index < -0.39 is 0 Å². The van der Waals surface area contributed by atoms with Crippen LogP contribution in [0.5, 0.6) is 0 Å². The average Bonchev–Trinajstić information content (AvgIpc) is 2.70. The van der Waals surface area contributed by atoms with Crippen molar-refractivity contribution in [1.82, 2.24) is 9.97 Å². The van der Waals surface area contributed by atoms with Gasteiger partial charge in [-0.05, 0) is 38.1 Å². The lowest BCUT2D eigenvalue weighted by Gasteiger charge is -2.30. The van der Waals surface area contributed by atoms with Gasteiger partial charge in [0.25, 0.3) is 0 Å². The summed E-state index contributed by atoms with van der Waals surface area (Å²) in [5.41, 5.74) is 4.42. The van der Waals surface area contributed by atoms with Gasteiger partial charge >= 0.3 is 0 Å². The number of ether oxygens (including phenoxy) is 1. The van der Waals surface area contributed by atoms with Crippen LogP contribution in [0.3, 0.4) is 0 Å². The minimum absolute atomic E-state index is 0.712. The second kappa shape index (κ2) is 8.27. The molecule has 0 radical (unpaired) electrons. The summed E-state index contributed by atoms with van der Waals surface area (Å²) in [4.78, 5) is 11.4. The van der Waals surface area contributed by atoms with Crippen LogP contribution in [0.1, 0.15) is 11.4 Å². The highest BCUT2D eigenvalue weighted by molar-refractivity contribution is 5.75. The van der Waals surface area contributed by atoms with Gasteiger partial charge < -0.3 is 20.3 Å². The van der Waals surface area contributed by atoms with E-state index in [4.69, 9.17) is 4.74 Å². The minimum atomic E-state index is 0.712. The van der Waals surface area contributed by atoms with Crippen molar-refractivity contribution in [1.29, 1.82) is 0 Å². The van der Waals surface area contributed by atoms with Crippen LogP contribution < -0.4 is 15.5 Å². The summed E-state index contributed by atoms with van der Waals surface area (Å²) < 4.78 is 5.48. The smallest absolute Gasteiger partial charge is 0.136 e. The quantitative estimate of drug-likeness (QED) is 0.688. The molecule has 1 aliphatic rings. The summed E-state index contributed by atoms with van der Waals surface area (Å²) >= 11 is 0. The first-order valence-electron chi connectivity index (χ1n) is 9.55. The summed E-state index contributed by atoms with van der Waals surface area (Å²) in [5, 5.41) is 6.83. The normalized spacial score (nSPS) is 14.0. The maximum atomic E-state index is 5.48. The van der Waals surface area contributed by atoms with Crippen LogP contribution in [0, 0.1) is 13.8 Å². The van der Waals surface area contributed by atoms with Crippen molar-refractivity contribution >= 4 is 28.7 Å². The maximum absolute atomic E-state index is 5.48. The number of nitrogens with one attached hydrogen (secondary N) is 2. The molecular formula is C22H25N5O. The van der Waals surface area contributed by atoms with E-state index in [1.165, 1.54) is 5.56 Å². The second-order valence-electron chi connectivity index (χ2n) is 6.92. The molecule has 1 saturated heterocycles. The molecule has 0 atom stereocenters. The molecule has 1 aliphatic heterocycles. The molecule has 6 nitrogen and oxygen atoms in total. The van der Waals surface area contributed by atoms with Gasteiger partial charge in [0.2, 0.25) is 0 Å². The summed E-state index contributed by atoms with van der Waals surface area (Å²) in [6, 6.07) is 18.5. The maximum Gasteiger partial charge on any atom is 0.136 e. The molecule has 1 fully saturated rings. The van der Waals surface area contributed by atoms with Gasteiger partial charge in [-0.3, -0.25) is 0 Å². The van der Waals surface area contributed by atoms with E-state index >= 15 is 0 Å². The Kier molecular flexibility index (Phi) is 5.39. The van der Waals surface area contributed by atoms with Crippen LogP contribution in [0.4, 0.5) is 28.7 Å². The third-order valence-corrected chi connectivity index (χ3v) is 4.68. The van der Waals surface area contributed by atoms with Crippen molar-refractivity contribution in [2.45, 2.75) is 13.8 Å². The van der Waals surface area contributed by atoms with Crippen molar-refractivity contribution in [3.63, 3.8) is 0 Å². The van der Waals surface area contributed by atoms with Crippen molar-refractivity contribution in [2.75, 3.05) is 41.8 Å². The van der Waals surface area contributed by atoms with Gasteiger partial charge in [0.05, 0.1) is 24.6 Å². The Morgan fingerprint density at radius 3 is 2.29 bits per heavy atom. The summed E-state index contributed by atoms with van der Waals surface area (Å²) in [5.74, 6) is 2.24. The standard InChI is InChI=1S/C22H25N5O/c1-16-7-9-18(10-8-16)25-21-15-22(24-17(2)23-21)26-19-5-3-4-6-20(19)27-11-13-28-14-12-27/h3-10,15H,11-14H2,1-2H3,(H2,23,24,25,26). The number of morpholine rings is 1. The minimum Gasteiger partial charge on any atom is -0.378 e. The van der Waals surface area contributed by atoms with Gasteiger partial charge in [0.15, 0.2) is 0 Å². The SMILES string of the molecule is Cc1ccc(Nc2cc(Nc3ccccc3N3CCOCC3)nc(C)n2)cc1. The Balaban J connectivity index is 1.57. The lowest BCUT2D eigenvalue weighted by Crippen LogP contribution is -2.36. The summed E-state index contributed by atoms with van der Waals surface area (Å²) in [7, 11) is 0. The van der Waals surface area contributed by atoms with Crippen LogP contribution in [-0.2, 0) is 4.74 Å². The van der Waals surface area contributed by atoms with Gasteiger partial charge in [0, 0.05) is 24.8 Å². The first kappa shape index (κ1) is 18.3. The summed E-state index contributed by atoms with van der Waals surface area (Å²) in [6.07, 6.45) is 0. The van der Waals surface area contributed by atoms with Crippen molar-refractivity contribution in [3.05, 3.63) is 66.0 Å². The number of aryl methyl sites for hydroxylation is 2. The number of para-hydroxylation sites is 2. The molecule has 2 N–H and O–H groups in total. The summed E-state index contributed by atoms with van der Waals surface area (Å²) in [6.45, 7) is 7.27. The van der Waals surface area contributed by atoms with E-state index in [2.05, 4.69) is 62.8 Å². The fourth-order valence-electron chi connectivity index (χ4n) is 3.28. The zero-order chi connectivity index (χ0) is 19.3. The van der Waals surface area contributed by atoms with Crippen molar-refractivity contribution in [3.8, 4) is 0 Å². The molecule has 4 rings (SSSR count). The Labute approximate surface area is 165 Å². The lowest BCUT2D eigenvalue weighted by atomic mass is 10.2. The molecule has 0 saturated carbocycles. The highest BCUT2D eigenvalue weighted by Gasteiger charge is 2.15. The number of benzene rings is 2. The Morgan fingerprint density at radius 1 is 0.857 bits per heavy atom. The molecule has 1 aromatic heterocycles. The van der Waals surface area contributed by atoms with Crippen LogP contribution in [0.25, 0.3) is 0 Å². The Bertz CT molecular complexity index is 936. The van der Waals surface area contributed by atoms with Crippen molar-refractivity contribution < 1.29 is 4.74 Å². The fourth-order valence-corrected chi connectivity index (χ4v) is 3.28. The number of aromatic nitrogens is 2. The van der Waals surface area contributed by atoms with Crippen molar-refractivity contribution in [2.24, 2.45) is 0 Å². The third-order valence-electron chi connectivity index (χ3n) is 4.68. The molecule has 6 heteroatoms. The first-order chi connectivity index (χ1) is 13.7. The molecule has 3 aromatic rings. The molecule has 0 aliphatic carbocycles. The van der Waals surface area contributed by atoms with Gasteiger partial charge in [-0.2, -0.15) is 0 Å². The number of nitrogens with zero attached hydrogens (tertiary/aromatic N) is 3. The highest BCUT2D eigenvalue weighted by atomic mass is 16.5. The van der Waals surface area contributed by atoms with Gasteiger partial charge in [-0.1, -0.05) is 29.8 Å². The van der Waals surface area contributed by atoms with E-state index in [0.717, 1.165) is 55.0 Å². The van der Waals surface area contributed by atoms with Crippen LogP contribution in [0.2, 0.25) is 0 Å². The first-order valence-corrected chi connectivity index (χ1v) is 9.55. The molecule has 144 valence electrons. The van der Waals surface area contributed by atoms with E-state index in [0.29, 0.717) is 5.82 Å². The second-order valence-corrected chi connectivity index (χ2v) is 6.92. The molecule has 0 unspecified atom stereocenters. The molecule has 2 aromatic carbocycles. The van der Waals surface area contributed by atoms with Crippen LogP contribution >= 0.6 is 0 Å². The predicted molar refractivity (Wildman–Crippen MR) is 114 cm³/mol. The average molecular weight is 375 g/mol. The number of hydrogen-bond donors (Lipinski definition) is 2. The monoisotopic (exact) mass is 375 g/mol. The van der Waals surface area contributed by atoms with Gasteiger partial charge in [-0.15, -0.1) is 0 Å². The van der Waals surface area contributed by atoms with E-state index in [9.17, 15) is 0 Å². The third kappa shape index (κ3) is 4.40. The molecule has 0 spiro atoms. The van der Waals surface area contributed by atoms with E-state index in [1.807, 2.05) is 31.2 Å². The molecular weight excluding hydrogens is 350 g/mol. The Morgan fingerprint density at radius 2 is 1.54 bits per heavy atom. The number of rotatable bonds is 5. The molecule has 0 bridgehead atoms. The molecule has 28 heavy (non-hydrogen) atoms. The molecule has 2 heterocycles. The predicted octanol–water partition coefficient (Wildman–Crippen LogP) is 4.42. The lowest BCUT2D eigenvalue weighted by molar-refractivity contribution is 0.123. The fraction of sp³-hybridized carbons (Fsp3) is 0.273. The largest absolute Gasteiger partial charge is 0.378 e. The Hall–Kier alpha value is -3.12. The van der Waals surface area contributed by atoms with E-state index in [-0.39, 0.29) is 0 Å². The van der Waals surface area contributed by atoms with Crippen LogP contribution in [0.15, 0.2) is 54.6 Å².